The van der Waals surface area contributed by atoms with Crippen LogP contribution in [0.2, 0.25) is 0 Å². The number of carbonyl (C=O) groups is 1. The molecule has 0 aliphatic rings. The van der Waals surface area contributed by atoms with Crippen molar-refractivity contribution in [1.29, 1.82) is 0 Å². The zero-order chi connectivity index (χ0) is 12.4. The highest BCUT2D eigenvalue weighted by Gasteiger charge is 2.14. The number of rotatable bonds is 3. The maximum Gasteiger partial charge on any atom is 0.356 e. The van der Waals surface area contributed by atoms with Gasteiger partial charge in [0.15, 0.2) is 17.3 Å². The Bertz CT molecular complexity index is 568. The Balaban J connectivity index is 2.53. The number of aromatic nitrogens is 3. The number of ether oxygens (including phenoxy) is 1. The number of halogens is 1. The monoisotopic (exact) mass is 237 g/mol. The van der Waals surface area contributed by atoms with E-state index < -0.39 is 11.8 Å². The minimum Gasteiger partial charge on any atom is -0.494 e. The second kappa shape index (κ2) is 4.20. The number of carboxylic acids is 1. The SMILES string of the molecule is COc1cc(-n2nncc2C(=O)O)ccc1F. The molecule has 0 fully saturated rings. The van der Waals surface area contributed by atoms with E-state index >= 15 is 0 Å². The summed E-state index contributed by atoms with van der Waals surface area (Å²) in [7, 11) is 1.32. The van der Waals surface area contributed by atoms with Gasteiger partial charge in [-0.05, 0) is 12.1 Å². The predicted octanol–water partition coefficient (Wildman–Crippen LogP) is 1.11. The van der Waals surface area contributed by atoms with Crippen LogP contribution in [0.1, 0.15) is 10.5 Å². The van der Waals surface area contributed by atoms with Crippen molar-refractivity contribution in [2.45, 2.75) is 0 Å². The number of carboxylic acid groups (broad SMARTS) is 1. The summed E-state index contributed by atoms with van der Waals surface area (Å²) in [5.74, 6) is -1.69. The molecule has 0 amide bonds. The van der Waals surface area contributed by atoms with Crippen molar-refractivity contribution in [3.8, 4) is 11.4 Å². The zero-order valence-corrected chi connectivity index (χ0v) is 8.79. The standard InChI is InChI=1S/C10H8FN3O3/c1-17-9-4-6(2-3-7(9)11)14-8(10(15)16)5-12-13-14/h2-5H,1H3,(H,15,16). The average Bonchev–Trinajstić information content (AvgIpc) is 2.78. The van der Waals surface area contributed by atoms with E-state index in [1.54, 1.807) is 0 Å². The molecule has 0 radical (unpaired) electrons. The van der Waals surface area contributed by atoms with Crippen molar-refractivity contribution in [2.75, 3.05) is 7.11 Å². The molecule has 0 aliphatic heterocycles. The first-order valence-electron chi connectivity index (χ1n) is 4.61. The maximum atomic E-state index is 13.2. The number of hydrogen-bond donors (Lipinski definition) is 1. The molecule has 1 aromatic carbocycles. The van der Waals surface area contributed by atoms with E-state index in [9.17, 15) is 9.18 Å². The van der Waals surface area contributed by atoms with E-state index in [1.165, 1.54) is 25.3 Å². The Morgan fingerprint density at radius 3 is 2.94 bits per heavy atom. The second-order valence-electron chi connectivity index (χ2n) is 3.16. The van der Waals surface area contributed by atoms with E-state index in [4.69, 9.17) is 9.84 Å². The molecule has 0 spiro atoms. The van der Waals surface area contributed by atoms with Crippen molar-refractivity contribution >= 4 is 5.97 Å². The molecule has 2 aromatic rings. The molecule has 0 saturated heterocycles. The van der Waals surface area contributed by atoms with E-state index in [0.717, 1.165) is 10.9 Å². The van der Waals surface area contributed by atoms with Crippen LogP contribution in [0.25, 0.3) is 5.69 Å². The van der Waals surface area contributed by atoms with E-state index in [-0.39, 0.29) is 11.4 Å². The summed E-state index contributed by atoms with van der Waals surface area (Å²) in [4.78, 5) is 10.9. The van der Waals surface area contributed by atoms with Gasteiger partial charge >= 0.3 is 5.97 Å². The van der Waals surface area contributed by atoms with Gasteiger partial charge in [-0.3, -0.25) is 0 Å². The van der Waals surface area contributed by atoms with Crippen LogP contribution in [0.15, 0.2) is 24.4 Å². The minimum absolute atomic E-state index is 0.00865. The molecule has 1 heterocycles. The largest absolute Gasteiger partial charge is 0.494 e. The highest BCUT2D eigenvalue weighted by molar-refractivity contribution is 5.85. The number of aromatic carboxylic acids is 1. The van der Waals surface area contributed by atoms with Gasteiger partial charge in [-0.25, -0.2) is 13.9 Å². The Morgan fingerprint density at radius 2 is 2.29 bits per heavy atom. The average molecular weight is 237 g/mol. The molecule has 1 aromatic heterocycles. The van der Waals surface area contributed by atoms with Gasteiger partial charge in [-0.15, -0.1) is 5.10 Å². The molecule has 17 heavy (non-hydrogen) atoms. The van der Waals surface area contributed by atoms with Gasteiger partial charge in [-0.2, -0.15) is 0 Å². The van der Waals surface area contributed by atoms with E-state index in [1.807, 2.05) is 0 Å². The molecule has 1 N–H and O–H groups in total. The number of nitrogens with zero attached hydrogens (tertiary/aromatic N) is 3. The lowest BCUT2D eigenvalue weighted by Gasteiger charge is -2.06. The van der Waals surface area contributed by atoms with Gasteiger partial charge in [0.25, 0.3) is 0 Å². The van der Waals surface area contributed by atoms with Gasteiger partial charge in [-0.1, -0.05) is 5.21 Å². The third kappa shape index (κ3) is 1.94. The first-order valence-corrected chi connectivity index (χ1v) is 4.61. The fraction of sp³-hybridized carbons (Fsp3) is 0.100. The highest BCUT2D eigenvalue weighted by Crippen LogP contribution is 2.21. The number of benzene rings is 1. The molecule has 0 bridgehead atoms. The molecule has 0 saturated carbocycles. The van der Waals surface area contributed by atoms with Gasteiger partial charge in [0.1, 0.15) is 0 Å². The minimum atomic E-state index is -1.17. The van der Waals surface area contributed by atoms with Gasteiger partial charge in [0, 0.05) is 6.07 Å². The molecule has 7 heteroatoms. The molecule has 0 unspecified atom stereocenters. The fourth-order valence-electron chi connectivity index (χ4n) is 1.35. The molecule has 88 valence electrons. The number of hydrogen-bond acceptors (Lipinski definition) is 4. The second-order valence-corrected chi connectivity index (χ2v) is 3.16. The smallest absolute Gasteiger partial charge is 0.356 e. The Kier molecular flexibility index (Phi) is 2.73. The third-order valence-electron chi connectivity index (χ3n) is 2.15. The van der Waals surface area contributed by atoms with Gasteiger partial charge in [0.2, 0.25) is 0 Å². The van der Waals surface area contributed by atoms with Crippen LogP contribution in [0.3, 0.4) is 0 Å². The van der Waals surface area contributed by atoms with E-state index in [0.29, 0.717) is 5.69 Å². The molecule has 0 aliphatic carbocycles. The summed E-state index contributed by atoms with van der Waals surface area (Å²) in [5.41, 5.74) is 0.247. The van der Waals surface area contributed by atoms with Crippen LogP contribution in [-0.2, 0) is 0 Å². The quantitative estimate of drug-likeness (QED) is 0.865. The van der Waals surface area contributed by atoms with Crippen LogP contribution >= 0.6 is 0 Å². The van der Waals surface area contributed by atoms with Crippen LogP contribution in [0, 0.1) is 5.82 Å². The predicted molar refractivity (Wildman–Crippen MR) is 54.8 cm³/mol. The Morgan fingerprint density at radius 1 is 1.53 bits per heavy atom. The lowest BCUT2D eigenvalue weighted by molar-refractivity contribution is 0.0687. The highest BCUT2D eigenvalue weighted by atomic mass is 19.1. The summed E-state index contributed by atoms with van der Waals surface area (Å²) in [6, 6.07) is 3.90. The van der Waals surface area contributed by atoms with Crippen LogP contribution in [-0.4, -0.2) is 33.2 Å². The van der Waals surface area contributed by atoms with E-state index in [2.05, 4.69) is 10.3 Å². The van der Waals surface area contributed by atoms with Crippen molar-refractivity contribution in [3.05, 3.63) is 35.9 Å². The zero-order valence-electron chi connectivity index (χ0n) is 8.79. The first-order chi connectivity index (χ1) is 8.13. The van der Waals surface area contributed by atoms with Crippen LogP contribution in [0.5, 0.6) is 5.75 Å². The first kappa shape index (κ1) is 11.1. The summed E-state index contributed by atoms with van der Waals surface area (Å²) < 4.78 is 19.1. The maximum absolute atomic E-state index is 13.2. The van der Waals surface area contributed by atoms with Gasteiger partial charge < -0.3 is 9.84 Å². The summed E-state index contributed by atoms with van der Waals surface area (Å²) >= 11 is 0. The summed E-state index contributed by atoms with van der Waals surface area (Å²) in [5, 5.41) is 16.0. The third-order valence-corrected chi connectivity index (χ3v) is 2.15. The van der Waals surface area contributed by atoms with Crippen molar-refractivity contribution < 1.29 is 19.0 Å². The Hall–Kier alpha value is -2.44. The van der Waals surface area contributed by atoms with Crippen LogP contribution < -0.4 is 4.74 Å². The Labute approximate surface area is 95.2 Å². The molecular formula is C10H8FN3O3. The van der Waals surface area contributed by atoms with Crippen molar-refractivity contribution in [3.63, 3.8) is 0 Å². The molecule has 0 atom stereocenters. The fourth-order valence-corrected chi connectivity index (χ4v) is 1.35. The summed E-state index contributed by atoms with van der Waals surface area (Å²) in [6.07, 6.45) is 1.11. The topological polar surface area (TPSA) is 77.2 Å². The van der Waals surface area contributed by atoms with Crippen molar-refractivity contribution in [2.24, 2.45) is 0 Å². The lowest BCUT2D eigenvalue weighted by Crippen LogP contribution is -2.08. The van der Waals surface area contributed by atoms with Crippen molar-refractivity contribution in [1.82, 2.24) is 15.0 Å². The van der Waals surface area contributed by atoms with Gasteiger partial charge in [0.05, 0.1) is 19.0 Å². The lowest BCUT2D eigenvalue weighted by atomic mass is 10.3. The van der Waals surface area contributed by atoms with Crippen LogP contribution in [0.4, 0.5) is 4.39 Å². The summed E-state index contributed by atoms with van der Waals surface area (Å²) in [6.45, 7) is 0. The normalized spacial score (nSPS) is 10.2. The number of methoxy groups -OCH3 is 1. The molecular weight excluding hydrogens is 229 g/mol. The molecule has 2 rings (SSSR count). The molecule has 6 nitrogen and oxygen atoms in total.